The van der Waals surface area contributed by atoms with Gasteiger partial charge in [-0.3, -0.25) is 4.79 Å². The number of nitrogens with one attached hydrogen (secondary N) is 1. The van der Waals surface area contributed by atoms with Crippen molar-refractivity contribution < 1.29 is 74.5 Å². The third kappa shape index (κ3) is 7.32. The molecular weight excluding hydrogens is 506 g/mol. The van der Waals surface area contributed by atoms with Crippen molar-refractivity contribution in [1.82, 2.24) is 5.32 Å². The summed E-state index contributed by atoms with van der Waals surface area (Å²) < 4.78 is 21.4. The Hall–Kier alpha value is -1.98. The zero-order valence-electron chi connectivity index (χ0n) is 19.6. The predicted octanol–water partition coefficient (Wildman–Crippen LogP) is -6.03. The molecule has 16 nitrogen and oxygen atoms in total. The van der Waals surface area contributed by atoms with E-state index in [1.807, 2.05) is 0 Å². The second-order valence-electron chi connectivity index (χ2n) is 8.55. The van der Waals surface area contributed by atoms with E-state index in [1.54, 1.807) is 0 Å². The average molecular weight is 539 g/mol. The van der Waals surface area contributed by atoms with E-state index in [1.165, 1.54) is 0 Å². The molecule has 0 aliphatic carbocycles. The summed E-state index contributed by atoms with van der Waals surface area (Å²) in [6.45, 7) is -2.90. The van der Waals surface area contributed by atoms with Crippen LogP contribution in [0.2, 0.25) is 0 Å². The van der Waals surface area contributed by atoms with Crippen molar-refractivity contribution in [1.29, 1.82) is 0 Å². The van der Waals surface area contributed by atoms with Gasteiger partial charge in [-0.1, -0.05) is 0 Å². The molecule has 0 aromatic heterocycles. The molecule has 2 aliphatic rings. The van der Waals surface area contributed by atoms with E-state index < -0.39 is 105 Å². The minimum Gasteiger partial charge on any atom is -0.477 e. The van der Waals surface area contributed by atoms with Crippen LogP contribution >= 0.6 is 0 Å². The number of rotatable bonds is 12. The molecule has 0 aromatic rings. The molecule has 2 rings (SSSR count). The van der Waals surface area contributed by atoms with E-state index in [9.17, 15) is 50.4 Å². The lowest BCUT2D eigenvalue weighted by Crippen LogP contribution is -2.68. The fraction of sp³-hybridized carbons (Fsp3) is 0.810. The second-order valence-corrected chi connectivity index (χ2v) is 8.55. The largest absolute Gasteiger partial charge is 0.477 e. The van der Waals surface area contributed by atoms with Gasteiger partial charge in [-0.15, -0.1) is 12.3 Å². The number of hydrogen-bond acceptors (Lipinski definition) is 14. The molecule has 37 heavy (non-hydrogen) atoms. The van der Waals surface area contributed by atoms with Crippen LogP contribution in [0.4, 0.5) is 0 Å². The Kier molecular flexibility index (Phi) is 11.6. The zero-order chi connectivity index (χ0) is 27.9. The highest BCUT2D eigenvalue weighted by atomic mass is 16.7. The molecule has 0 bridgehead atoms. The number of terminal acetylenes is 1. The number of aliphatic carboxylic acids is 1. The van der Waals surface area contributed by atoms with Crippen LogP contribution in [-0.4, -0.2) is 151 Å². The molecule has 0 radical (unpaired) electrons. The van der Waals surface area contributed by atoms with E-state index in [-0.39, 0.29) is 13.0 Å². The molecule has 16 heteroatoms. The van der Waals surface area contributed by atoms with Crippen molar-refractivity contribution in [2.75, 3.05) is 26.4 Å². The minimum absolute atomic E-state index is 0.0727. The first-order valence-corrected chi connectivity index (χ1v) is 11.3. The lowest BCUT2D eigenvalue weighted by Gasteiger charge is -2.47. The van der Waals surface area contributed by atoms with Crippen molar-refractivity contribution in [3.05, 3.63) is 0 Å². The molecule has 0 spiro atoms. The Morgan fingerprint density at radius 3 is 2.38 bits per heavy atom. The number of aliphatic hydroxyl groups is 8. The standard InChI is InChI=1S/C21H33NO15/c1-2-3-4-34-19-17(31)16(30)15(29)11(36-19)8-35-21(20(32)33)5-9(25)13(22-12(27)7-24)18(37-21)14(28)10(26)6-23/h1,9-11,13-19,23-26,28-31H,3-8H2,(H,22,27)(H,32,33)/t9-,10+,11?,13+,14+,15-,16-,17+,18+,19+,21-/m0/s1. The molecule has 2 heterocycles. The summed E-state index contributed by atoms with van der Waals surface area (Å²) in [6.07, 6.45) is -11.4. The Labute approximate surface area is 211 Å². The van der Waals surface area contributed by atoms with Crippen molar-refractivity contribution >= 4 is 11.9 Å². The maximum atomic E-state index is 12.2. The molecule has 212 valence electrons. The summed E-state index contributed by atoms with van der Waals surface area (Å²) in [4.78, 5) is 23.9. The first-order valence-electron chi connectivity index (χ1n) is 11.3. The van der Waals surface area contributed by atoms with Crippen molar-refractivity contribution in [3.8, 4) is 12.3 Å². The molecular formula is C21H33NO15. The Morgan fingerprint density at radius 1 is 1.14 bits per heavy atom. The highest BCUT2D eigenvalue weighted by molar-refractivity contribution is 5.78. The van der Waals surface area contributed by atoms with E-state index in [2.05, 4.69) is 11.2 Å². The molecule has 10 N–H and O–H groups in total. The Bertz CT molecular complexity index is 807. The van der Waals surface area contributed by atoms with Gasteiger partial charge >= 0.3 is 5.97 Å². The van der Waals surface area contributed by atoms with Crippen molar-refractivity contribution in [2.24, 2.45) is 0 Å². The van der Waals surface area contributed by atoms with Crippen LogP contribution in [0.3, 0.4) is 0 Å². The van der Waals surface area contributed by atoms with Crippen LogP contribution in [0.1, 0.15) is 12.8 Å². The van der Waals surface area contributed by atoms with Crippen molar-refractivity contribution in [2.45, 2.75) is 79.8 Å². The lowest BCUT2D eigenvalue weighted by molar-refractivity contribution is -0.338. The zero-order valence-corrected chi connectivity index (χ0v) is 19.6. The van der Waals surface area contributed by atoms with E-state index in [0.717, 1.165) is 0 Å². The lowest BCUT2D eigenvalue weighted by atomic mass is 9.88. The van der Waals surface area contributed by atoms with E-state index in [4.69, 9.17) is 30.5 Å². The Morgan fingerprint density at radius 2 is 1.81 bits per heavy atom. The summed E-state index contributed by atoms with van der Waals surface area (Å²) in [6, 6.07) is -1.55. The predicted molar refractivity (Wildman–Crippen MR) is 116 cm³/mol. The molecule has 2 fully saturated rings. The summed E-state index contributed by atoms with van der Waals surface area (Å²) in [7, 11) is 0. The quantitative estimate of drug-likeness (QED) is 0.0817. The van der Waals surface area contributed by atoms with Crippen LogP contribution in [0.25, 0.3) is 0 Å². The average Bonchev–Trinajstić information content (AvgIpc) is 2.88. The summed E-state index contributed by atoms with van der Waals surface area (Å²) in [5, 5.41) is 91.7. The van der Waals surface area contributed by atoms with Gasteiger partial charge in [-0.05, 0) is 0 Å². The van der Waals surface area contributed by atoms with Gasteiger partial charge in [0.2, 0.25) is 5.91 Å². The normalized spacial score (nSPS) is 37.8. The maximum absolute atomic E-state index is 12.2. The number of ether oxygens (including phenoxy) is 4. The molecule has 11 atom stereocenters. The summed E-state index contributed by atoms with van der Waals surface area (Å²) in [5.41, 5.74) is 0. The number of carbonyl (C=O) groups excluding carboxylic acids is 1. The van der Waals surface area contributed by atoms with Gasteiger partial charge in [0.15, 0.2) is 6.29 Å². The van der Waals surface area contributed by atoms with Gasteiger partial charge in [-0.2, -0.15) is 0 Å². The summed E-state index contributed by atoms with van der Waals surface area (Å²) >= 11 is 0. The molecule has 1 amide bonds. The monoisotopic (exact) mass is 539 g/mol. The fourth-order valence-electron chi connectivity index (χ4n) is 3.92. The SMILES string of the molecule is C#CCCO[C@@H]1OC(CO[C@@]2(C(=O)O)C[C@H](O)[C@@H](NC(=O)CO)[C@H]([C@H](O)[C@H](O)CO)O2)[C@H](O)[C@H](O)[C@H]1O. The number of carboxylic acid groups (broad SMARTS) is 1. The minimum atomic E-state index is -2.75. The highest BCUT2D eigenvalue weighted by Gasteiger charge is 2.56. The van der Waals surface area contributed by atoms with Gasteiger partial charge in [0.1, 0.15) is 49.3 Å². The molecule has 2 saturated heterocycles. The fourth-order valence-corrected chi connectivity index (χ4v) is 3.92. The van der Waals surface area contributed by atoms with Gasteiger partial charge < -0.3 is 70.2 Å². The van der Waals surface area contributed by atoms with Crippen LogP contribution in [0, 0.1) is 12.3 Å². The summed E-state index contributed by atoms with van der Waals surface area (Å²) in [5.74, 6) is -3.29. The molecule has 2 aliphatic heterocycles. The van der Waals surface area contributed by atoms with Crippen LogP contribution < -0.4 is 5.32 Å². The highest BCUT2D eigenvalue weighted by Crippen LogP contribution is 2.34. The first kappa shape index (κ1) is 31.2. The van der Waals surface area contributed by atoms with Crippen LogP contribution in [-0.2, 0) is 28.5 Å². The third-order valence-corrected chi connectivity index (χ3v) is 5.97. The van der Waals surface area contributed by atoms with Crippen LogP contribution in [0.5, 0.6) is 0 Å². The number of hydrogen-bond donors (Lipinski definition) is 10. The molecule has 0 aromatic carbocycles. The van der Waals surface area contributed by atoms with Crippen LogP contribution in [0.15, 0.2) is 0 Å². The number of amides is 1. The van der Waals surface area contributed by atoms with Gasteiger partial charge in [0.25, 0.3) is 5.79 Å². The van der Waals surface area contributed by atoms with E-state index >= 15 is 0 Å². The number of carbonyl (C=O) groups is 2. The maximum Gasteiger partial charge on any atom is 0.364 e. The molecule has 0 saturated carbocycles. The smallest absolute Gasteiger partial charge is 0.364 e. The van der Waals surface area contributed by atoms with Gasteiger partial charge in [-0.25, -0.2) is 4.79 Å². The first-order chi connectivity index (χ1) is 17.4. The molecule has 1 unspecified atom stereocenters. The van der Waals surface area contributed by atoms with Gasteiger partial charge in [0.05, 0.1) is 32.0 Å². The Balaban J connectivity index is 2.26. The number of carboxylic acids is 1. The van der Waals surface area contributed by atoms with E-state index in [0.29, 0.717) is 0 Å². The van der Waals surface area contributed by atoms with Crippen molar-refractivity contribution in [3.63, 3.8) is 0 Å². The second kappa shape index (κ2) is 13.7. The number of aliphatic hydroxyl groups excluding tert-OH is 8. The topological polar surface area (TPSA) is 265 Å². The third-order valence-electron chi connectivity index (χ3n) is 5.97. The van der Waals surface area contributed by atoms with Gasteiger partial charge in [0, 0.05) is 12.8 Å².